The van der Waals surface area contributed by atoms with E-state index < -0.39 is 5.60 Å². The molecule has 0 bridgehead atoms. The topological polar surface area (TPSA) is 32.3 Å². The molecule has 16 heavy (non-hydrogen) atoms. The predicted octanol–water partition coefficient (Wildman–Crippen LogP) is 2.46. The van der Waals surface area contributed by atoms with Crippen molar-refractivity contribution in [1.82, 2.24) is 5.32 Å². The normalized spacial score (nSPS) is 14.8. The van der Waals surface area contributed by atoms with Gasteiger partial charge in [-0.1, -0.05) is 38.1 Å². The molecule has 0 saturated heterocycles. The Balaban J connectivity index is 2.72. The summed E-state index contributed by atoms with van der Waals surface area (Å²) in [5.41, 5.74) is 1.49. The van der Waals surface area contributed by atoms with Crippen molar-refractivity contribution in [3.63, 3.8) is 0 Å². The van der Waals surface area contributed by atoms with Crippen LogP contribution >= 0.6 is 0 Å². The van der Waals surface area contributed by atoms with Crippen molar-refractivity contribution < 1.29 is 5.11 Å². The summed E-state index contributed by atoms with van der Waals surface area (Å²) in [5.74, 6) is 0. The average Bonchev–Trinajstić information content (AvgIpc) is 2.29. The molecule has 0 aliphatic heterocycles. The average molecular weight is 221 g/mol. The fraction of sp³-hybridized carbons (Fsp3) is 0.571. The molecular weight excluding hydrogens is 198 g/mol. The van der Waals surface area contributed by atoms with E-state index in [1.54, 1.807) is 0 Å². The Morgan fingerprint density at radius 2 is 2.06 bits per heavy atom. The molecule has 0 amide bonds. The van der Waals surface area contributed by atoms with E-state index in [0.717, 1.165) is 24.9 Å². The maximum Gasteiger partial charge on any atom is 0.0992 e. The molecule has 0 saturated carbocycles. The van der Waals surface area contributed by atoms with E-state index in [0.29, 0.717) is 6.54 Å². The molecule has 2 heteroatoms. The molecular formula is C14H23NO. The maximum absolute atomic E-state index is 10.4. The standard InChI is InChI=1S/C14H23NO/c1-4-9-15-11-14(3,16)13-8-6-7-12(5-2)10-13/h6-8,10,15-16H,4-5,9,11H2,1-3H3. The van der Waals surface area contributed by atoms with E-state index >= 15 is 0 Å². The number of nitrogens with one attached hydrogen (secondary N) is 1. The smallest absolute Gasteiger partial charge is 0.0992 e. The molecule has 1 aromatic rings. The van der Waals surface area contributed by atoms with Crippen LogP contribution in [0, 0.1) is 0 Å². The second-order valence-electron chi connectivity index (χ2n) is 4.50. The van der Waals surface area contributed by atoms with Gasteiger partial charge in [-0.25, -0.2) is 0 Å². The van der Waals surface area contributed by atoms with Crippen molar-refractivity contribution in [1.29, 1.82) is 0 Å². The highest BCUT2D eigenvalue weighted by Gasteiger charge is 2.22. The summed E-state index contributed by atoms with van der Waals surface area (Å²) in [6, 6.07) is 8.20. The zero-order valence-corrected chi connectivity index (χ0v) is 10.6. The third kappa shape index (κ3) is 3.62. The van der Waals surface area contributed by atoms with Crippen LogP contribution in [-0.2, 0) is 12.0 Å². The first kappa shape index (κ1) is 13.2. The lowest BCUT2D eigenvalue weighted by molar-refractivity contribution is 0.0571. The molecule has 1 rings (SSSR count). The summed E-state index contributed by atoms with van der Waals surface area (Å²) in [4.78, 5) is 0. The molecule has 0 aliphatic rings. The van der Waals surface area contributed by atoms with Gasteiger partial charge in [0, 0.05) is 6.54 Å². The maximum atomic E-state index is 10.4. The first-order chi connectivity index (χ1) is 7.60. The molecule has 2 nitrogen and oxygen atoms in total. The molecule has 0 spiro atoms. The number of aryl methyl sites for hydroxylation is 1. The SMILES string of the molecule is CCCNCC(C)(O)c1cccc(CC)c1. The minimum Gasteiger partial charge on any atom is -0.384 e. The van der Waals surface area contributed by atoms with Gasteiger partial charge in [-0.2, -0.15) is 0 Å². The Morgan fingerprint density at radius 3 is 2.69 bits per heavy atom. The van der Waals surface area contributed by atoms with Crippen LogP contribution in [0.5, 0.6) is 0 Å². The van der Waals surface area contributed by atoms with Crippen LogP contribution in [0.4, 0.5) is 0 Å². The van der Waals surface area contributed by atoms with Gasteiger partial charge in [0.25, 0.3) is 0 Å². The highest BCUT2D eigenvalue weighted by molar-refractivity contribution is 5.28. The molecule has 90 valence electrons. The minimum absolute atomic E-state index is 0.605. The van der Waals surface area contributed by atoms with Crippen LogP contribution in [0.15, 0.2) is 24.3 Å². The highest BCUT2D eigenvalue weighted by Crippen LogP contribution is 2.20. The quantitative estimate of drug-likeness (QED) is 0.723. The third-order valence-electron chi connectivity index (χ3n) is 2.85. The zero-order chi connectivity index (χ0) is 12.0. The summed E-state index contributed by atoms with van der Waals surface area (Å²) in [6.45, 7) is 7.67. The summed E-state index contributed by atoms with van der Waals surface area (Å²) in [5, 5.41) is 13.6. The fourth-order valence-electron chi connectivity index (χ4n) is 1.74. The Kier molecular flexibility index (Phi) is 4.97. The van der Waals surface area contributed by atoms with Crippen LogP contribution in [0.2, 0.25) is 0 Å². The van der Waals surface area contributed by atoms with Gasteiger partial charge in [-0.3, -0.25) is 0 Å². The number of hydrogen-bond acceptors (Lipinski definition) is 2. The van der Waals surface area contributed by atoms with Gasteiger partial charge >= 0.3 is 0 Å². The van der Waals surface area contributed by atoms with Gasteiger partial charge in [-0.05, 0) is 37.4 Å². The molecule has 1 atom stereocenters. The molecule has 0 aromatic heterocycles. The number of hydrogen-bond donors (Lipinski definition) is 2. The van der Waals surface area contributed by atoms with Crippen molar-refractivity contribution in [3.8, 4) is 0 Å². The van der Waals surface area contributed by atoms with E-state index in [2.05, 4.69) is 31.3 Å². The lowest BCUT2D eigenvalue weighted by Crippen LogP contribution is -2.35. The Morgan fingerprint density at radius 1 is 1.31 bits per heavy atom. The summed E-state index contributed by atoms with van der Waals surface area (Å²) in [6.07, 6.45) is 2.09. The van der Waals surface area contributed by atoms with E-state index in [1.165, 1.54) is 5.56 Å². The van der Waals surface area contributed by atoms with Crippen LogP contribution in [0.1, 0.15) is 38.3 Å². The largest absolute Gasteiger partial charge is 0.384 e. The monoisotopic (exact) mass is 221 g/mol. The first-order valence-electron chi connectivity index (χ1n) is 6.12. The third-order valence-corrected chi connectivity index (χ3v) is 2.85. The molecule has 2 N–H and O–H groups in total. The Bertz CT molecular complexity index is 320. The van der Waals surface area contributed by atoms with Crippen molar-refractivity contribution >= 4 is 0 Å². The Labute approximate surface area is 98.7 Å². The molecule has 0 heterocycles. The van der Waals surface area contributed by atoms with E-state index in [4.69, 9.17) is 0 Å². The predicted molar refractivity (Wildman–Crippen MR) is 68.6 cm³/mol. The van der Waals surface area contributed by atoms with Crippen molar-refractivity contribution in [3.05, 3.63) is 35.4 Å². The molecule has 0 fully saturated rings. The van der Waals surface area contributed by atoms with Crippen molar-refractivity contribution in [2.75, 3.05) is 13.1 Å². The summed E-state index contributed by atoms with van der Waals surface area (Å²) < 4.78 is 0. The van der Waals surface area contributed by atoms with Crippen molar-refractivity contribution in [2.45, 2.75) is 39.2 Å². The van der Waals surface area contributed by atoms with Gasteiger partial charge in [0.15, 0.2) is 0 Å². The van der Waals surface area contributed by atoms with Gasteiger partial charge in [-0.15, -0.1) is 0 Å². The van der Waals surface area contributed by atoms with Crippen LogP contribution in [0.25, 0.3) is 0 Å². The second kappa shape index (κ2) is 6.02. The number of aliphatic hydroxyl groups is 1. The molecule has 0 aliphatic carbocycles. The molecule has 1 aromatic carbocycles. The van der Waals surface area contributed by atoms with Crippen molar-refractivity contribution in [2.24, 2.45) is 0 Å². The minimum atomic E-state index is -0.777. The summed E-state index contributed by atoms with van der Waals surface area (Å²) >= 11 is 0. The molecule has 0 radical (unpaired) electrons. The van der Waals surface area contributed by atoms with Crippen LogP contribution in [-0.4, -0.2) is 18.2 Å². The first-order valence-corrected chi connectivity index (χ1v) is 6.12. The Hall–Kier alpha value is -0.860. The van der Waals surface area contributed by atoms with E-state index in [1.807, 2.05) is 19.1 Å². The van der Waals surface area contributed by atoms with Gasteiger partial charge in [0.1, 0.15) is 0 Å². The molecule has 1 unspecified atom stereocenters. The number of benzene rings is 1. The lowest BCUT2D eigenvalue weighted by Gasteiger charge is -2.24. The van der Waals surface area contributed by atoms with Gasteiger partial charge in [0.05, 0.1) is 5.60 Å². The van der Waals surface area contributed by atoms with E-state index in [-0.39, 0.29) is 0 Å². The second-order valence-corrected chi connectivity index (χ2v) is 4.50. The van der Waals surface area contributed by atoms with Crippen LogP contribution < -0.4 is 5.32 Å². The van der Waals surface area contributed by atoms with Gasteiger partial charge in [0.2, 0.25) is 0 Å². The summed E-state index contributed by atoms with van der Waals surface area (Å²) in [7, 11) is 0. The number of rotatable bonds is 6. The zero-order valence-electron chi connectivity index (χ0n) is 10.6. The van der Waals surface area contributed by atoms with E-state index in [9.17, 15) is 5.11 Å². The fourth-order valence-corrected chi connectivity index (χ4v) is 1.74. The highest BCUT2D eigenvalue weighted by atomic mass is 16.3. The van der Waals surface area contributed by atoms with Gasteiger partial charge < -0.3 is 10.4 Å². The lowest BCUT2D eigenvalue weighted by atomic mass is 9.94. The van der Waals surface area contributed by atoms with Crippen LogP contribution in [0.3, 0.4) is 0 Å².